The molecule has 0 aliphatic heterocycles. The maximum atomic E-state index is 3.50. The van der Waals surface area contributed by atoms with Crippen molar-refractivity contribution < 1.29 is 0 Å². The molecule has 0 bridgehead atoms. The van der Waals surface area contributed by atoms with Gasteiger partial charge in [-0.25, -0.2) is 0 Å². The van der Waals surface area contributed by atoms with Crippen LogP contribution >= 0.6 is 0 Å². The summed E-state index contributed by atoms with van der Waals surface area (Å²) in [6.45, 7) is 0. The van der Waals surface area contributed by atoms with Gasteiger partial charge in [-0.15, -0.1) is 0 Å². The molecule has 2 aliphatic carbocycles. The Hall–Kier alpha value is -0.0400. The van der Waals surface area contributed by atoms with Crippen LogP contribution in [0, 0.1) is 11.8 Å². The van der Waals surface area contributed by atoms with Crippen LogP contribution in [-0.2, 0) is 0 Å². The van der Waals surface area contributed by atoms with Crippen LogP contribution in [0.4, 0.5) is 0 Å². The lowest BCUT2D eigenvalue weighted by Crippen LogP contribution is -2.26. The molecule has 1 nitrogen and oxygen atoms in total. The summed E-state index contributed by atoms with van der Waals surface area (Å²) in [5.41, 5.74) is 0. The highest BCUT2D eigenvalue weighted by Crippen LogP contribution is 2.35. The van der Waals surface area contributed by atoms with E-state index in [9.17, 15) is 0 Å². The summed E-state index contributed by atoms with van der Waals surface area (Å²) < 4.78 is 0. The Bertz CT molecular complexity index is 172. The summed E-state index contributed by atoms with van der Waals surface area (Å²) in [6, 6.07) is 0.818. The van der Waals surface area contributed by atoms with Gasteiger partial charge in [0.2, 0.25) is 0 Å². The lowest BCUT2D eigenvalue weighted by Gasteiger charge is -2.22. The van der Waals surface area contributed by atoms with Crippen molar-refractivity contribution in [2.24, 2.45) is 11.8 Å². The maximum Gasteiger partial charge on any atom is 0.00667 e. The van der Waals surface area contributed by atoms with Crippen molar-refractivity contribution in [2.45, 2.75) is 70.3 Å². The first-order chi connectivity index (χ1) is 7.38. The van der Waals surface area contributed by atoms with Crippen LogP contribution in [0.5, 0.6) is 0 Å². The molecule has 2 aliphatic rings. The second-order valence-corrected chi connectivity index (χ2v) is 5.76. The molecule has 88 valence electrons. The van der Waals surface area contributed by atoms with E-state index in [0.717, 1.165) is 17.9 Å². The molecule has 15 heavy (non-hydrogen) atoms. The fourth-order valence-electron chi connectivity index (χ4n) is 3.66. The van der Waals surface area contributed by atoms with Crippen molar-refractivity contribution in [3.63, 3.8) is 0 Å². The monoisotopic (exact) mass is 209 g/mol. The quantitative estimate of drug-likeness (QED) is 0.698. The molecule has 2 rings (SSSR count). The average molecular weight is 209 g/mol. The predicted octanol–water partition coefficient (Wildman–Crippen LogP) is 3.74. The van der Waals surface area contributed by atoms with E-state index in [0.29, 0.717) is 0 Å². The lowest BCUT2D eigenvalue weighted by atomic mass is 9.87. The lowest BCUT2D eigenvalue weighted by molar-refractivity contribution is 0.320. The smallest absolute Gasteiger partial charge is 0.00667 e. The van der Waals surface area contributed by atoms with E-state index in [4.69, 9.17) is 0 Å². The van der Waals surface area contributed by atoms with Gasteiger partial charge in [-0.1, -0.05) is 44.9 Å². The van der Waals surface area contributed by atoms with Crippen LogP contribution in [0.1, 0.15) is 64.2 Å². The van der Waals surface area contributed by atoms with Crippen molar-refractivity contribution >= 4 is 0 Å². The Morgan fingerprint density at radius 2 is 1.47 bits per heavy atom. The van der Waals surface area contributed by atoms with Gasteiger partial charge in [0.15, 0.2) is 0 Å². The van der Waals surface area contributed by atoms with Crippen LogP contribution in [0.2, 0.25) is 0 Å². The molecule has 2 unspecified atom stereocenters. The van der Waals surface area contributed by atoms with Crippen LogP contribution < -0.4 is 5.32 Å². The SMILES string of the molecule is CNC1CCCCC(CC2CCCC2)C1. The first-order valence-corrected chi connectivity index (χ1v) is 7.05. The zero-order chi connectivity index (χ0) is 10.5. The first-order valence-electron chi connectivity index (χ1n) is 7.05. The number of rotatable bonds is 3. The predicted molar refractivity (Wildman–Crippen MR) is 66.0 cm³/mol. The molecule has 1 N–H and O–H groups in total. The highest BCUT2D eigenvalue weighted by atomic mass is 14.9. The molecular formula is C14H27N. The van der Waals surface area contributed by atoms with Crippen molar-refractivity contribution in [1.29, 1.82) is 0 Å². The molecule has 0 spiro atoms. The highest BCUT2D eigenvalue weighted by molar-refractivity contribution is 4.78. The van der Waals surface area contributed by atoms with Crippen LogP contribution in [-0.4, -0.2) is 13.1 Å². The van der Waals surface area contributed by atoms with Gasteiger partial charge in [0, 0.05) is 6.04 Å². The normalized spacial score (nSPS) is 34.2. The van der Waals surface area contributed by atoms with Crippen molar-refractivity contribution in [1.82, 2.24) is 5.32 Å². The topological polar surface area (TPSA) is 12.0 Å². The molecular weight excluding hydrogens is 182 g/mol. The largest absolute Gasteiger partial charge is 0.317 e. The summed E-state index contributed by atoms with van der Waals surface area (Å²) >= 11 is 0. The maximum absolute atomic E-state index is 3.50. The summed E-state index contributed by atoms with van der Waals surface area (Å²) in [5.74, 6) is 2.12. The van der Waals surface area contributed by atoms with Gasteiger partial charge in [-0.2, -0.15) is 0 Å². The average Bonchev–Trinajstić information content (AvgIpc) is 2.64. The standard InChI is InChI=1S/C14H27N/c1-15-14-9-5-4-8-13(11-14)10-12-6-2-3-7-12/h12-15H,2-11H2,1H3. The van der Waals surface area contributed by atoms with Gasteiger partial charge < -0.3 is 5.32 Å². The summed E-state index contributed by atoms with van der Waals surface area (Å²) in [5, 5.41) is 3.50. The van der Waals surface area contributed by atoms with Gasteiger partial charge in [0.25, 0.3) is 0 Å². The highest BCUT2D eigenvalue weighted by Gasteiger charge is 2.23. The molecule has 0 aromatic carbocycles. The van der Waals surface area contributed by atoms with Crippen LogP contribution in [0.3, 0.4) is 0 Å². The second-order valence-electron chi connectivity index (χ2n) is 5.76. The van der Waals surface area contributed by atoms with E-state index >= 15 is 0 Å². The molecule has 0 saturated heterocycles. The van der Waals surface area contributed by atoms with E-state index in [1.165, 1.54) is 64.2 Å². The van der Waals surface area contributed by atoms with Gasteiger partial charge in [-0.05, 0) is 38.1 Å². The number of hydrogen-bond donors (Lipinski definition) is 1. The first kappa shape index (κ1) is 11.4. The van der Waals surface area contributed by atoms with Gasteiger partial charge >= 0.3 is 0 Å². The molecule has 0 heterocycles. The van der Waals surface area contributed by atoms with Crippen molar-refractivity contribution in [2.75, 3.05) is 7.05 Å². The third-order valence-electron chi connectivity index (χ3n) is 4.58. The summed E-state index contributed by atoms with van der Waals surface area (Å²) in [6.07, 6.45) is 14.9. The van der Waals surface area contributed by atoms with E-state index in [-0.39, 0.29) is 0 Å². The minimum absolute atomic E-state index is 0.818. The van der Waals surface area contributed by atoms with Crippen molar-refractivity contribution in [3.05, 3.63) is 0 Å². The van der Waals surface area contributed by atoms with E-state index < -0.39 is 0 Å². The molecule has 0 aromatic heterocycles. The number of nitrogens with one attached hydrogen (secondary N) is 1. The van der Waals surface area contributed by atoms with Crippen molar-refractivity contribution in [3.8, 4) is 0 Å². The zero-order valence-corrected chi connectivity index (χ0v) is 10.3. The zero-order valence-electron chi connectivity index (χ0n) is 10.3. The molecule has 2 saturated carbocycles. The Labute approximate surface area is 95.0 Å². The van der Waals surface area contributed by atoms with E-state index in [1.54, 1.807) is 0 Å². The summed E-state index contributed by atoms with van der Waals surface area (Å²) in [4.78, 5) is 0. The Kier molecular flexibility index (Phi) is 4.49. The Morgan fingerprint density at radius 1 is 0.867 bits per heavy atom. The molecule has 0 radical (unpaired) electrons. The molecule has 1 heteroatoms. The fourth-order valence-corrected chi connectivity index (χ4v) is 3.66. The second kappa shape index (κ2) is 5.89. The Morgan fingerprint density at radius 3 is 2.13 bits per heavy atom. The van der Waals surface area contributed by atoms with Gasteiger partial charge in [-0.3, -0.25) is 0 Å². The Balaban J connectivity index is 1.78. The third kappa shape index (κ3) is 3.48. The molecule has 2 atom stereocenters. The molecule has 0 amide bonds. The minimum atomic E-state index is 0.818. The van der Waals surface area contributed by atoms with Gasteiger partial charge in [0.05, 0.1) is 0 Å². The molecule has 2 fully saturated rings. The minimum Gasteiger partial charge on any atom is -0.317 e. The molecule has 0 aromatic rings. The third-order valence-corrected chi connectivity index (χ3v) is 4.58. The fraction of sp³-hybridized carbons (Fsp3) is 1.00. The number of hydrogen-bond acceptors (Lipinski definition) is 1. The van der Waals surface area contributed by atoms with E-state index in [2.05, 4.69) is 12.4 Å². The van der Waals surface area contributed by atoms with Crippen LogP contribution in [0.15, 0.2) is 0 Å². The van der Waals surface area contributed by atoms with Gasteiger partial charge in [0.1, 0.15) is 0 Å². The van der Waals surface area contributed by atoms with E-state index in [1.807, 2.05) is 0 Å². The van der Waals surface area contributed by atoms with Crippen LogP contribution in [0.25, 0.3) is 0 Å². The summed E-state index contributed by atoms with van der Waals surface area (Å²) in [7, 11) is 2.14.